The summed E-state index contributed by atoms with van der Waals surface area (Å²) < 4.78 is 10.8. The number of hydrogen-bond acceptors (Lipinski definition) is 4. The third-order valence-electron chi connectivity index (χ3n) is 5.02. The van der Waals surface area contributed by atoms with E-state index in [0.29, 0.717) is 26.1 Å². The maximum atomic E-state index is 12.6. The van der Waals surface area contributed by atoms with Gasteiger partial charge in [0.15, 0.2) is 0 Å². The van der Waals surface area contributed by atoms with Crippen LogP contribution in [-0.4, -0.2) is 61.5 Å². The van der Waals surface area contributed by atoms with Gasteiger partial charge in [-0.15, -0.1) is 0 Å². The lowest BCUT2D eigenvalue weighted by Crippen LogP contribution is -2.39. The van der Waals surface area contributed by atoms with Gasteiger partial charge in [0.25, 0.3) is 0 Å². The van der Waals surface area contributed by atoms with E-state index in [1.165, 1.54) is 0 Å². The van der Waals surface area contributed by atoms with Gasteiger partial charge in [-0.3, -0.25) is 9.59 Å². The Balaban J connectivity index is 1.80. The number of rotatable bonds is 9. The number of methoxy groups -OCH3 is 1. The third-order valence-corrected chi connectivity index (χ3v) is 5.02. The van der Waals surface area contributed by atoms with Gasteiger partial charge < -0.3 is 19.3 Å². The molecule has 1 saturated heterocycles. The first-order valence-corrected chi connectivity index (χ1v) is 9.31. The van der Waals surface area contributed by atoms with Crippen LogP contribution in [0.3, 0.4) is 0 Å². The molecule has 6 heteroatoms. The Hall–Kier alpha value is -2.24. The molecule has 2 rings (SSSR count). The lowest BCUT2D eigenvalue weighted by atomic mass is 10.1. The number of ether oxygens (including phenoxy) is 2. The number of amides is 2. The minimum Gasteiger partial charge on any atom is -0.497 e. The molecule has 0 spiro atoms. The normalized spacial score (nSPS) is 16.9. The van der Waals surface area contributed by atoms with Crippen molar-refractivity contribution in [1.82, 2.24) is 9.80 Å². The van der Waals surface area contributed by atoms with E-state index in [1.54, 1.807) is 19.1 Å². The average molecular weight is 362 g/mol. The van der Waals surface area contributed by atoms with Crippen LogP contribution in [0, 0.1) is 5.92 Å². The van der Waals surface area contributed by atoms with Crippen LogP contribution >= 0.6 is 0 Å². The van der Waals surface area contributed by atoms with Gasteiger partial charge in [0.05, 0.1) is 19.6 Å². The van der Waals surface area contributed by atoms with E-state index in [1.807, 2.05) is 29.2 Å². The number of carbonyl (C=O) groups excluding carboxylic acids is 2. The Labute approximate surface area is 156 Å². The molecule has 1 aromatic rings. The van der Waals surface area contributed by atoms with Gasteiger partial charge in [0.2, 0.25) is 11.8 Å². The van der Waals surface area contributed by atoms with Gasteiger partial charge in [-0.2, -0.15) is 0 Å². The molecule has 1 atom stereocenters. The number of likely N-dealkylation sites (tertiary alicyclic amines) is 1. The van der Waals surface area contributed by atoms with E-state index < -0.39 is 0 Å². The number of carbonyl (C=O) groups is 2. The number of likely N-dealkylation sites (N-methyl/N-ethyl adjacent to an activating group) is 1. The first-order chi connectivity index (χ1) is 12.5. The highest BCUT2D eigenvalue weighted by atomic mass is 16.5. The number of nitrogens with zero attached hydrogens (tertiary/aromatic N) is 2. The first kappa shape index (κ1) is 20.1. The summed E-state index contributed by atoms with van der Waals surface area (Å²) in [4.78, 5) is 28.4. The molecular weight excluding hydrogens is 332 g/mol. The molecule has 26 heavy (non-hydrogen) atoms. The summed E-state index contributed by atoms with van der Waals surface area (Å²) >= 11 is 0. The Morgan fingerprint density at radius 2 is 1.85 bits per heavy atom. The van der Waals surface area contributed by atoms with Crippen molar-refractivity contribution in [2.75, 3.05) is 33.9 Å². The molecule has 144 valence electrons. The maximum Gasteiger partial charge on any atom is 0.227 e. The van der Waals surface area contributed by atoms with Crippen LogP contribution < -0.4 is 9.47 Å². The minimum atomic E-state index is -0.242. The highest BCUT2D eigenvalue weighted by molar-refractivity contribution is 5.89. The van der Waals surface area contributed by atoms with Crippen molar-refractivity contribution in [3.8, 4) is 11.5 Å². The summed E-state index contributed by atoms with van der Waals surface area (Å²) in [5, 5.41) is 0. The smallest absolute Gasteiger partial charge is 0.227 e. The molecule has 1 heterocycles. The van der Waals surface area contributed by atoms with Gasteiger partial charge in [-0.1, -0.05) is 13.8 Å². The zero-order valence-corrected chi connectivity index (χ0v) is 16.2. The molecule has 1 fully saturated rings. The van der Waals surface area contributed by atoms with Gasteiger partial charge in [0, 0.05) is 26.1 Å². The number of hydrogen-bond donors (Lipinski definition) is 0. The second-order valence-electron chi connectivity index (χ2n) is 6.70. The molecule has 0 bridgehead atoms. The van der Waals surface area contributed by atoms with Crippen LogP contribution in [0.15, 0.2) is 24.3 Å². The van der Waals surface area contributed by atoms with Crippen molar-refractivity contribution < 1.29 is 19.1 Å². The molecule has 0 N–H and O–H groups in total. The molecule has 6 nitrogen and oxygen atoms in total. The third kappa shape index (κ3) is 4.90. The van der Waals surface area contributed by atoms with E-state index in [0.717, 1.165) is 24.3 Å². The van der Waals surface area contributed by atoms with Gasteiger partial charge in [-0.05, 0) is 37.1 Å². The topological polar surface area (TPSA) is 59.1 Å². The summed E-state index contributed by atoms with van der Waals surface area (Å²) in [6.07, 6.45) is 2.17. The highest BCUT2D eigenvalue weighted by Gasteiger charge is 2.37. The van der Waals surface area contributed by atoms with Crippen molar-refractivity contribution >= 4 is 11.8 Å². The summed E-state index contributed by atoms with van der Waals surface area (Å²) in [6, 6.07) is 7.58. The molecule has 0 aliphatic carbocycles. The van der Waals surface area contributed by atoms with Crippen molar-refractivity contribution in [3.05, 3.63) is 24.3 Å². The molecule has 0 saturated carbocycles. The molecular formula is C20H30N2O4. The van der Waals surface area contributed by atoms with Crippen molar-refractivity contribution in [3.63, 3.8) is 0 Å². The largest absolute Gasteiger partial charge is 0.497 e. The first-order valence-electron chi connectivity index (χ1n) is 9.31. The van der Waals surface area contributed by atoms with Crippen LogP contribution in [0.2, 0.25) is 0 Å². The molecule has 2 amide bonds. The van der Waals surface area contributed by atoms with E-state index in [2.05, 4.69) is 13.8 Å². The zero-order valence-electron chi connectivity index (χ0n) is 16.2. The Bertz CT molecular complexity index is 598. The highest BCUT2D eigenvalue weighted by Crippen LogP contribution is 2.24. The predicted molar refractivity (Wildman–Crippen MR) is 100 cm³/mol. The van der Waals surface area contributed by atoms with Crippen LogP contribution in [0.25, 0.3) is 0 Å². The van der Waals surface area contributed by atoms with Crippen molar-refractivity contribution in [1.29, 1.82) is 0 Å². The second-order valence-corrected chi connectivity index (χ2v) is 6.70. The van der Waals surface area contributed by atoms with E-state index in [-0.39, 0.29) is 23.8 Å². The van der Waals surface area contributed by atoms with Gasteiger partial charge in [-0.25, -0.2) is 0 Å². The molecule has 1 unspecified atom stereocenters. The van der Waals surface area contributed by atoms with E-state index in [4.69, 9.17) is 9.47 Å². The molecule has 0 aromatic heterocycles. The van der Waals surface area contributed by atoms with Crippen LogP contribution in [0.1, 0.15) is 33.1 Å². The van der Waals surface area contributed by atoms with Crippen molar-refractivity contribution in [2.45, 2.75) is 39.2 Å². The molecule has 0 radical (unpaired) electrons. The Morgan fingerprint density at radius 3 is 2.42 bits per heavy atom. The molecule has 1 aliphatic rings. The van der Waals surface area contributed by atoms with Crippen molar-refractivity contribution in [2.24, 2.45) is 5.92 Å². The fourth-order valence-corrected chi connectivity index (χ4v) is 3.37. The maximum absolute atomic E-state index is 12.6. The second kappa shape index (κ2) is 9.46. The Morgan fingerprint density at radius 1 is 1.23 bits per heavy atom. The standard InChI is InChI=1S/C20H30N2O4/c1-5-16(6-2)22-14-15(13-19(22)23)20(24)21(3)11-12-26-18-9-7-17(25-4)8-10-18/h7-10,15-16H,5-6,11-14H2,1-4H3. The number of benzene rings is 1. The van der Waals surface area contributed by atoms with Crippen LogP contribution in [0.5, 0.6) is 11.5 Å². The van der Waals surface area contributed by atoms with Gasteiger partial charge in [0.1, 0.15) is 18.1 Å². The SMILES string of the molecule is CCC(CC)N1CC(C(=O)N(C)CCOc2ccc(OC)cc2)CC1=O. The summed E-state index contributed by atoms with van der Waals surface area (Å²) in [5.74, 6) is 1.39. The Kier molecular flexibility index (Phi) is 7.30. The molecule has 1 aliphatic heterocycles. The van der Waals surface area contributed by atoms with Crippen LogP contribution in [0.4, 0.5) is 0 Å². The minimum absolute atomic E-state index is 0.0186. The fourth-order valence-electron chi connectivity index (χ4n) is 3.37. The quantitative estimate of drug-likeness (QED) is 0.677. The monoisotopic (exact) mass is 362 g/mol. The van der Waals surface area contributed by atoms with E-state index in [9.17, 15) is 9.59 Å². The summed E-state index contributed by atoms with van der Waals surface area (Å²) in [5.41, 5.74) is 0. The lowest BCUT2D eigenvalue weighted by molar-refractivity contribution is -0.135. The lowest BCUT2D eigenvalue weighted by Gasteiger charge is -2.26. The average Bonchev–Trinajstić information content (AvgIpc) is 3.04. The van der Waals surface area contributed by atoms with E-state index >= 15 is 0 Å². The fraction of sp³-hybridized carbons (Fsp3) is 0.600. The van der Waals surface area contributed by atoms with Crippen LogP contribution in [-0.2, 0) is 9.59 Å². The molecule has 1 aromatic carbocycles. The van der Waals surface area contributed by atoms with Gasteiger partial charge >= 0.3 is 0 Å². The summed E-state index contributed by atoms with van der Waals surface area (Å²) in [6.45, 7) is 5.60. The summed E-state index contributed by atoms with van der Waals surface area (Å²) in [7, 11) is 3.39. The predicted octanol–water partition coefficient (Wildman–Crippen LogP) is 2.57. The zero-order chi connectivity index (χ0) is 19.1.